The number of H-pyrrole nitrogens is 1. The molecule has 2 aromatic heterocycles. The molecule has 0 aromatic carbocycles. The number of hydrogen-bond donors (Lipinski definition) is 2. The van der Waals surface area contributed by atoms with Crippen LogP contribution in [0.5, 0.6) is 0 Å². The fourth-order valence-electron chi connectivity index (χ4n) is 1.23. The van der Waals surface area contributed by atoms with Crippen molar-refractivity contribution in [2.75, 3.05) is 11.1 Å². The van der Waals surface area contributed by atoms with Gasteiger partial charge in [-0.2, -0.15) is 0 Å². The molecule has 9 heteroatoms. The van der Waals surface area contributed by atoms with Crippen LogP contribution in [0.1, 0.15) is 24.3 Å². The highest BCUT2D eigenvalue weighted by Crippen LogP contribution is 2.26. The van der Waals surface area contributed by atoms with Crippen LogP contribution in [0.4, 0.5) is 5.13 Å². The zero-order chi connectivity index (χ0) is 14.5. The Balaban J connectivity index is 2.02. The Hall–Kier alpha value is -1.74. The number of nitrogens with one attached hydrogen (secondary N) is 2. The summed E-state index contributed by atoms with van der Waals surface area (Å²) >= 11 is 2.86. The van der Waals surface area contributed by atoms with Gasteiger partial charge < -0.3 is 4.98 Å². The molecule has 0 spiro atoms. The zero-order valence-electron chi connectivity index (χ0n) is 10.9. The van der Waals surface area contributed by atoms with E-state index in [9.17, 15) is 9.59 Å². The van der Waals surface area contributed by atoms with E-state index >= 15 is 0 Å². The predicted molar refractivity (Wildman–Crippen MR) is 78.3 cm³/mol. The number of rotatable bonds is 5. The van der Waals surface area contributed by atoms with Gasteiger partial charge in [-0.3, -0.25) is 14.9 Å². The van der Waals surface area contributed by atoms with Crippen LogP contribution in [0.15, 0.2) is 21.5 Å². The Bertz CT molecular complexity index is 652. The molecule has 2 aromatic rings. The summed E-state index contributed by atoms with van der Waals surface area (Å²) < 4.78 is 0.781. The molecule has 0 aliphatic carbocycles. The van der Waals surface area contributed by atoms with E-state index in [0.717, 1.165) is 10.1 Å². The topological polar surface area (TPSA) is 101 Å². The number of aromatic amines is 1. The fraction of sp³-hybridized carbons (Fsp3) is 0.364. The van der Waals surface area contributed by atoms with Gasteiger partial charge in [-0.1, -0.05) is 36.9 Å². The van der Waals surface area contributed by atoms with Gasteiger partial charge in [0.2, 0.25) is 5.13 Å². The minimum atomic E-state index is -0.594. The molecule has 0 aliphatic rings. The normalized spacial score (nSPS) is 10.8. The summed E-state index contributed by atoms with van der Waals surface area (Å²) in [6.07, 6.45) is 2.71. The summed E-state index contributed by atoms with van der Waals surface area (Å²) in [6, 6.07) is 0. The van der Waals surface area contributed by atoms with Crippen molar-refractivity contribution >= 4 is 34.1 Å². The van der Waals surface area contributed by atoms with Crippen LogP contribution in [0.2, 0.25) is 0 Å². The third-order valence-corrected chi connectivity index (χ3v) is 4.49. The average Bonchev–Trinajstić information content (AvgIpc) is 2.84. The maximum absolute atomic E-state index is 11.8. The average molecular weight is 311 g/mol. The molecule has 2 N–H and O–H groups in total. The van der Waals surface area contributed by atoms with Crippen molar-refractivity contribution < 1.29 is 4.79 Å². The third-order valence-electron chi connectivity index (χ3n) is 2.09. The van der Waals surface area contributed by atoms with Gasteiger partial charge in [0.15, 0.2) is 10.0 Å². The van der Waals surface area contributed by atoms with Crippen LogP contribution in [0, 0.1) is 5.92 Å². The van der Waals surface area contributed by atoms with Gasteiger partial charge in [0.25, 0.3) is 11.5 Å². The zero-order valence-corrected chi connectivity index (χ0v) is 12.5. The second kappa shape index (κ2) is 6.62. The highest BCUT2D eigenvalue weighted by atomic mass is 32.2. The van der Waals surface area contributed by atoms with E-state index in [4.69, 9.17) is 0 Å². The van der Waals surface area contributed by atoms with E-state index < -0.39 is 11.5 Å². The molecule has 0 bridgehead atoms. The number of carbonyl (C=O) groups is 1. The number of nitrogens with zero attached hydrogens (tertiary/aromatic N) is 3. The molecule has 0 fully saturated rings. The molecular formula is C11H13N5O2S2. The predicted octanol–water partition coefficient (Wildman–Crippen LogP) is 1.62. The third kappa shape index (κ3) is 3.87. The van der Waals surface area contributed by atoms with Gasteiger partial charge in [0.1, 0.15) is 0 Å². The lowest BCUT2D eigenvalue weighted by Gasteiger charge is -1.99. The molecule has 2 rings (SSSR count). The Morgan fingerprint density at radius 2 is 2.30 bits per heavy atom. The van der Waals surface area contributed by atoms with Crippen molar-refractivity contribution in [3.05, 3.63) is 28.4 Å². The van der Waals surface area contributed by atoms with Crippen molar-refractivity contribution in [1.82, 2.24) is 20.2 Å². The number of carbonyl (C=O) groups excluding carboxylic acids is 1. The number of hydrogen-bond acceptors (Lipinski definition) is 7. The molecule has 0 radical (unpaired) electrons. The van der Waals surface area contributed by atoms with Gasteiger partial charge >= 0.3 is 0 Å². The SMILES string of the molecule is CC(C)CSc1nnc(NC(=O)c2ncc[nH]c2=O)s1. The van der Waals surface area contributed by atoms with Crippen molar-refractivity contribution in [3.8, 4) is 0 Å². The summed E-state index contributed by atoms with van der Waals surface area (Å²) in [5, 5.41) is 10.7. The molecule has 2 heterocycles. The first-order valence-electron chi connectivity index (χ1n) is 5.87. The standard InChI is InChI=1S/C11H13N5O2S2/c1-6(2)5-19-11-16-15-10(20-11)14-9(18)7-8(17)13-4-3-12-7/h3-4,6H,5H2,1-2H3,(H,13,17)(H,14,15,18). The molecule has 0 atom stereocenters. The van der Waals surface area contributed by atoms with Crippen molar-refractivity contribution in [2.24, 2.45) is 5.92 Å². The maximum atomic E-state index is 11.8. The van der Waals surface area contributed by atoms with Crippen LogP contribution >= 0.6 is 23.1 Å². The number of anilines is 1. The largest absolute Gasteiger partial charge is 0.326 e. The second-order valence-corrected chi connectivity index (χ2v) is 6.54. The number of aromatic nitrogens is 4. The van der Waals surface area contributed by atoms with Crippen molar-refractivity contribution in [1.29, 1.82) is 0 Å². The Kier molecular flexibility index (Phi) is 4.85. The van der Waals surface area contributed by atoms with E-state index in [1.54, 1.807) is 11.8 Å². The Morgan fingerprint density at radius 1 is 1.50 bits per heavy atom. The maximum Gasteiger partial charge on any atom is 0.281 e. The van der Waals surface area contributed by atoms with Crippen LogP contribution in [-0.4, -0.2) is 31.8 Å². The Labute approximate surface area is 123 Å². The molecule has 7 nitrogen and oxygen atoms in total. The first kappa shape index (κ1) is 14.7. The van der Waals surface area contributed by atoms with E-state index in [0.29, 0.717) is 11.0 Å². The van der Waals surface area contributed by atoms with E-state index in [1.165, 1.54) is 23.7 Å². The molecule has 1 amide bonds. The summed E-state index contributed by atoms with van der Waals surface area (Å²) in [4.78, 5) is 29.4. The Morgan fingerprint density at radius 3 is 3.00 bits per heavy atom. The minimum absolute atomic E-state index is 0.195. The lowest BCUT2D eigenvalue weighted by Crippen LogP contribution is -2.24. The lowest BCUT2D eigenvalue weighted by atomic mass is 10.3. The summed E-state index contributed by atoms with van der Waals surface area (Å²) in [6.45, 7) is 4.23. The molecule has 20 heavy (non-hydrogen) atoms. The number of thioether (sulfide) groups is 1. The second-order valence-electron chi connectivity index (χ2n) is 4.30. The van der Waals surface area contributed by atoms with Crippen molar-refractivity contribution in [2.45, 2.75) is 18.2 Å². The molecule has 0 saturated carbocycles. The quantitative estimate of drug-likeness (QED) is 0.643. The molecular weight excluding hydrogens is 298 g/mol. The monoisotopic (exact) mass is 311 g/mol. The lowest BCUT2D eigenvalue weighted by molar-refractivity contribution is 0.102. The van der Waals surface area contributed by atoms with Gasteiger partial charge in [-0.15, -0.1) is 10.2 Å². The summed E-state index contributed by atoms with van der Waals surface area (Å²) in [5.74, 6) is 0.889. The van der Waals surface area contributed by atoms with E-state index in [-0.39, 0.29) is 5.69 Å². The van der Waals surface area contributed by atoms with Crippen LogP contribution < -0.4 is 10.9 Å². The number of amides is 1. The van der Waals surface area contributed by atoms with E-state index in [1.807, 2.05) is 0 Å². The van der Waals surface area contributed by atoms with Crippen LogP contribution in [0.25, 0.3) is 0 Å². The summed E-state index contributed by atoms with van der Waals surface area (Å²) in [5.41, 5.74) is -0.733. The molecule has 0 unspecified atom stereocenters. The molecule has 0 saturated heterocycles. The van der Waals surface area contributed by atoms with Gasteiger partial charge in [0.05, 0.1) is 0 Å². The smallest absolute Gasteiger partial charge is 0.281 e. The van der Waals surface area contributed by atoms with Gasteiger partial charge in [-0.05, 0) is 5.92 Å². The van der Waals surface area contributed by atoms with E-state index in [2.05, 4.69) is 39.3 Å². The van der Waals surface area contributed by atoms with Crippen LogP contribution in [0.3, 0.4) is 0 Å². The first-order chi connectivity index (χ1) is 9.56. The highest BCUT2D eigenvalue weighted by Gasteiger charge is 2.14. The van der Waals surface area contributed by atoms with Crippen LogP contribution in [-0.2, 0) is 0 Å². The molecule has 0 aliphatic heterocycles. The van der Waals surface area contributed by atoms with Gasteiger partial charge in [-0.25, -0.2) is 4.98 Å². The summed E-state index contributed by atoms with van der Waals surface area (Å²) in [7, 11) is 0. The van der Waals surface area contributed by atoms with Gasteiger partial charge in [0, 0.05) is 18.1 Å². The minimum Gasteiger partial charge on any atom is -0.326 e. The highest BCUT2D eigenvalue weighted by molar-refractivity contribution is 8.01. The first-order valence-corrected chi connectivity index (χ1v) is 7.68. The van der Waals surface area contributed by atoms with Crippen molar-refractivity contribution in [3.63, 3.8) is 0 Å². The molecule has 106 valence electrons. The fourth-order valence-corrected chi connectivity index (χ4v) is 2.95.